The summed E-state index contributed by atoms with van der Waals surface area (Å²) in [5, 5.41) is 5.84. The Morgan fingerprint density at radius 1 is 1.05 bits per heavy atom. The summed E-state index contributed by atoms with van der Waals surface area (Å²) < 4.78 is 0. The van der Waals surface area contributed by atoms with E-state index in [1.807, 2.05) is 11.3 Å². The van der Waals surface area contributed by atoms with Gasteiger partial charge in [-0.25, -0.2) is 0 Å². The third kappa shape index (κ3) is 6.03. The fourth-order valence-corrected chi connectivity index (χ4v) is 3.27. The molecule has 21 heavy (non-hydrogen) atoms. The van der Waals surface area contributed by atoms with Gasteiger partial charge in [-0.1, -0.05) is 36.4 Å². The Balaban J connectivity index is 1.91. The number of aryl methyl sites for hydroxylation is 1. The van der Waals surface area contributed by atoms with Gasteiger partial charge in [0.05, 0.1) is 0 Å². The molecule has 0 aliphatic heterocycles. The minimum atomic E-state index is 0.181. The average Bonchev–Trinajstić information content (AvgIpc) is 2.95. The molecule has 1 aromatic heterocycles. The molecule has 1 unspecified atom stereocenters. The first-order valence-electron chi connectivity index (χ1n) is 7.87. The van der Waals surface area contributed by atoms with Crippen LogP contribution in [0.1, 0.15) is 50.0 Å². The molecular formula is C19H27NS. The molecule has 1 nitrogen and oxygen atoms in total. The molecule has 0 saturated heterocycles. The van der Waals surface area contributed by atoms with Crippen LogP contribution in [-0.2, 0) is 6.42 Å². The van der Waals surface area contributed by atoms with Crippen molar-refractivity contribution >= 4 is 11.3 Å². The summed E-state index contributed by atoms with van der Waals surface area (Å²) in [4.78, 5) is 1.51. The molecule has 0 saturated carbocycles. The quantitative estimate of drug-likeness (QED) is 0.737. The molecule has 0 amide bonds. The summed E-state index contributed by atoms with van der Waals surface area (Å²) in [6, 6.07) is 15.3. The van der Waals surface area contributed by atoms with Gasteiger partial charge in [-0.2, -0.15) is 0 Å². The van der Waals surface area contributed by atoms with Crippen LogP contribution in [0.2, 0.25) is 0 Å². The Morgan fingerprint density at radius 2 is 1.81 bits per heavy atom. The van der Waals surface area contributed by atoms with Crippen molar-refractivity contribution < 1.29 is 0 Å². The zero-order chi connectivity index (χ0) is 15.1. The van der Waals surface area contributed by atoms with Gasteiger partial charge in [-0.05, 0) is 63.0 Å². The summed E-state index contributed by atoms with van der Waals surface area (Å²) in [5.74, 6) is 0.602. The molecule has 1 atom stereocenters. The van der Waals surface area contributed by atoms with Crippen LogP contribution >= 0.6 is 11.3 Å². The minimum absolute atomic E-state index is 0.181. The summed E-state index contributed by atoms with van der Waals surface area (Å²) in [6.45, 7) is 7.76. The first-order valence-corrected chi connectivity index (χ1v) is 8.75. The van der Waals surface area contributed by atoms with Crippen molar-refractivity contribution in [3.05, 3.63) is 58.3 Å². The van der Waals surface area contributed by atoms with E-state index in [1.54, 1.807) is 0 Å². The van der Waals surface area contributed by atoms with Gasteiger partial charge in [0.25, 0.3) is 0 Å². The fourth-order valence-electron chi connectivity index (χ4n) is 2.52. The van der Waals surface area contributed by atoms with Crippen molar-refractivity contribution in [2.24, 2.45) is 0 Å². The second kappa shape index (κ2) is 7.77. The van der Waals surface area contributed by atoms with Gasteiger partial charge < -0.3 is 5.32 Å². The highest BCUT2D eigenvalue weighted by atomic mass is 32.1. The lowest BCUT2D eigenvalue weighted by atomic mass is 9.92. The van der Waals surface area contributed by atoms with E-state index in [1.165, 1.54) is 29.7 Å². The molecule has 0 spiro atoms. The van der Waals surface area contributed by atoms with Crippen molar-refractivity contribution in [2.45, 2.75) is 51.5 Å². The Hall–Kier alpha value is -1.12. The lowest BCUT2D eigenvalue weighted by Crippen LogP contribution is -2.38. The third-order valence-corrected chi connectivity index (χ3v) is 4.64. The number of benzene rings is 1. The maximum Gasteiger partial charge on any atom is 0.00967 e. The molecule has 1 aromatic carbocycles. The number of hydrogen-bond donors (Lipinski definition) is 1. The van der Waals surface area contributed by atoms with Gasteiger partial charge in [0.1, 0.15) is 0 Å². The molecule has 1 heterocycles. The summed E-state index contributed by atoms with van der Waals surface area (Å²) >= 11 is 1.87. The van der Waals surface area contributed by atoms with Crippen LogP contribution in [0.4, 0.5) is 0 Å². The van der Waals surface area contributed by atoms with E-state index in [0.29, 0.717) is 5.92 Å². The predicted octanol–water partition coefficient (Wildman–Crippen LogP) is 5.24. The van der Waals surface area contributed by atoms with Crippen LogP contribution in [-0.4, -0.2) is 12.1 Å². The monoisotopic (exact) mass is 301 g/mol. The first kappa shape index (κ1) is 16.3. The Morgan fingerprint density at radius 3 is 2.43 bits per heavy atom. The van der Waals surface area contributed by atoms with E-state index >= 15 is 0 Å². The van der Waals surface area contributed by atoms with E-state index in [0.717, 1.165) is 6.54 Å². The van der Waals surface area contributed by atoms with E-state index < -0.39 is 0 Å². The topological polar surface area (TPSA) is 12.0 Å². The number of rotatable bonds is 7. The number of thiophene rings is 1. The van der Waals surface area contributed by atoms with Crippen molar-refractivity contribution in [1.29, 1.82) is 0 Å². The van der Waals surface area contributed by atoms with Crippen molar-refractivity contribution in [1.82, 2.24) is 5.32 Å². The Bertz CT molecular complexity index is 496. The highest BCUT2D eigenvalue weighted by Gasteiger charge is 2.15. The zero-order valence-electron chi connectivity index (χ0n) is 13.4. The van der Waals surface area contributed by atoms with Crippen LogP contribution in [0.25, 0.3) is 0 Å². The molecule has 0 fully saturated rings. The summed E-state index contributed by atoms with van der Waals surface area (Å²) in [7, 11) is 0. The van der Waals surface area contributed by atoms with Crippen LogP contribution in [0.15, 0.2) is 47.8 Å². The molecule has 114 valence electrons. The van der Waals surface area contributed by atoms with Crippen LogP contribution in [0, 0.1) is 0 Å². The largest absolute Gasteiger partial charge is 0.311 e. The lowest BCUT2D eigenvalue weighted by Gasteiger charge is -2.25. The van der Waals surface area contributed by atoms with Gasteiger partial charge in [-0.15, -0.1) is 11.3 Å². The fraction of sp³-hybridized carbons (Fsp3) is 0.474. The van der Waals surface area contributed by atoms with E-state index in [-0.39, 0.29) is 5.54 Å². The molecule has 2 rings (SSSR count). The normalized spacial score (nSPS) is 13.3. The average molecular weight is 301 g/mol. The summed E-state index contributed by atoms with van der Waals surface area (Å²) in [6.07, 6.45) is 3.70. The van der Waals surface area contributed by atoms with Gasteiger partial charge in [0.15, 0.2) is 0 Å². The van der Waals surface area contributed by atoms with Gasteiger partial charge in [-0.3, -0.25) is 0 Å². The Labute approximate surface area is 133 Å². The second-order valence-corrected chi connectivity index (χ2v) is 7.74. The Kier molecular flexibility index (Phi) is 6.01. The predicted molar refractivity (Wildman–Crippen MR) is 94.2 cm³/mol. The molecule has 1 N–H and O–H groups in total. The van der Waals surface area contributed by atoms with Crippen LogP contribution in [0.5, 0.6) is 0 Å². The van der Waals surface area contributed by atoms with Gasteiger partial charge >= 0.3 is 0 Å². The maximum absolute atomic E-state index is 3.67. The van der Waals surface area contributed by atoms with Crippen molar-refractivity contribution in [3.63, 3.8) is 0 Å². The SMILES string of the molecule is CC(C)(C)NCC(CCCc1cccs1)c1ccccc1. The van der Waals surface area contributed by atoms with Crippen LogP contribution < -0.4 is 5.32 Å². The van der Waals surface area contributed by atoms with Crippen molar-refractivity contribution in [3.8, 4) is 0 Å². The third-order valence-electron chi connectivity index (χ3n) is 3.71. The second-order valence-electron chi connectivity index (χ2n) is 6.71. The molecule has 0 aliphatic rings. The minimum Gasteiger partial charge on any atom is -0.311 e. The smallest absolute Gasteiger partial charge is 0.00967 e. The lowest BCUT2D eigenvalue weighted by molar-refractivity contribution is 0.396. The van der Waals surface area contributed by atoms with E-state index in [4.69, 9.17) is 0 Å². The molecule has 0 radical (unpaired) electrons. The van der Waals surface area contributed by atoms with E-state index in [2.05, 4.69) is 73.9 Å². The summed E-state index contributed by atoms with van der Waals surface area (Å²) in [5.41, 5.74) is 1.64. The zero-order valence-corrected chi connectivity index (χ0v) is 14.2. The maximum atomic E-state index is 3.67. The molecular weight excluding hydrogens is 274 g/mol. The van der Waals surface area contributed by atoms with E-state index in [9.17, 15) is 0 Å². The molecule has 2 aromatic rings. The number of hydrogen-bond acceptors (Lipinski definition) is 2. The van der Waals surface area contributed by atoms with Crippen LogP contribution in [0.3, 0.4) is 0 Å². The molecule has 0 aliphatic carbocycles. The first-order chi connectivity index (χ1) is 10.0. The number of nitrogens with one attached hydrogen (secondary N) is 1. The standard InChI is InChI=1S/C19H27NS/c1-19(2,3)20-15-17(16-9-5-4-6-10-16)11-7-12-18-13-8-14-21-18/h4-6,8-10,13-14,17,20H,7,11-12,15H2,1-3H3. The highest BCUT2D eigenvalue weighted by molar-refractivity contribution is 7.09. The molecule has 0 bridgehead atoms. The van der Waals surface area contributed by atoms with Gasteiger partial charge in [0, 0.05) is 17.0 Å². The molecule has 2 heteroatoms. The highest BCUT2D eigenvalue weighted by Crippen LogP contribution is 2.23. The van der Waals surface area contributed by atoms with Crippen molar-refractivity contribution in [2.75, 3.05) is 6.54 Å². The van der Waals surface area contributed by atoms with Gasteiger partial charge in [0.2, 0.25) is 0 Å².